The van der Waals surface area contributed by atoms with Gasteiger partial charge in [0.2, 0.25) is 15.9 Å². The highest BCUT2D eigenvalue weighted by Crippen LogP contribution is 2.27. The standard InChI is InChI=1S/C21H25N3O7S/c1-15-3-5-17(24(26)27)14-19(15)22-21(25)8-4-16-13-18(6-7-20(16)30-2)32(28,29)23-9-11-31-12-10-23/h3,5-7,13-14H,4,8-12H2,1-2H3,(H,22,25). The third kappa shape index (κ3) is 5.42. The first-order valence-corrected chi connectivity index (χ1v) is 11.5. The Kier molecular flexibility index (Phi) is 7.44. The summed E-state index contributed by atoms with van der Waals surface area (Å²) in [6, 6.07) is 8.83. The molecule has 10 nitrogen and oxygen atoms in total. The van der Waals surface area contributed by atoms with Crippen molar-refractivity contribution in [3.63, 3.8) is 0 Å². The van der Waals surface area contributed by atoms with Crippen molar-refractivity contribution in [2.45, 2.75) is 24.7 Å². The summed E-state index contributed by atoms with van der Waals surface area (Å²) in [5.74, 6) is 0.127. The van der Waals surface area contributed by atoms with Crippen LogP contribution in [-0.2, 0) is 26.0 Å². The van der Waals surface area contributed by atoms with Crippen molar-refractivity contribution < 1.29 is 27.6 Å². The molecule has 0 unspecified atom stereocenters. The fourth-order valence-corrected chi connectivity index (χ4v) is 4.83. The predicted octanol–water partition coefficient (Wildman–Crippen LogP) is 2.50. The van der Waals surface area contributed by atoms with Crippen molar-refractivity contribution in [3.8, 4) is 5.75 Å². The fourth-order valence-electron chi connectivity index (χ4n) is 3.37. The summed E-state index contributed by atoms with van der Waals surface area (Å²) >= 11 is 0. The molecule has 11 heteroatoms. The highest BCUT2D eigenvalue weighted by atomic mass is 32.2. The van der Waals surface area contributed by atoms with E-state index in [1.807, 2.05) is 0 Å². The Labute approximate surface area is 186 Å². The van der Waals surface area contributed by atoms with Crippen LogP contribution < -0.4 is 10.1 Å². The summed E-state index contributed by atoms with van der Waals surface area (Å²) < 4.78 is 37.8. The van der Waals surface area contributed by atoms with Crippen LogP contribution in [0.25, 0.3) is 0 Å². The maximum atomic E-state index is 12.9. The highest BCUT2D eigenvalue weighted by molar-refractivity contribution is 7.89. The number of anilines is 1. The average Bonchev–Trinajstić information content (AvgIpc) is 2.79. The Hall–Kier alpha value is -3.02. The number of non-ortho nitro benzene ring substituents is 1. The number of amides is 1. The third-order valence-corrected chi connectivity index (χ3v) is 7.08. The van der Waals surface area contributed by atoms with Gasteiger partial charge in [-0.25, -0.2) is 8.42 Å². The van der Waals surface area contributed by atoms with Crippen LogP contribution in [0.1, 0.15) is 17.5 Å². The summed E-state index contributed by atoms with van der Waals surface area (Å²) in [4.78, 5) is 23.1. The van der Waals surface area contributed by atoms with Gasteiger partial charge in [0.15, 0.2) is 0 Å². The predicted molar refractivity (Wildman–Crippen MR) is 117 cm³/mol. The second-order valence-corrected chi connectivity index (χ2v) is 9.23. The average molecular weight is 464 g/mol. The van der Waals surface area contributed by atoms with Gasteiger partial charge in [0.05, 0.1) is 35.8 Å². The molecule has 2 aromatic rings. The number of hydrogen-bond donors (Lipinski definition) is 1. The van der Waals surface area contributed by atoms with E-state index in [9.17, 15) is 23.3 Å². The Morgan fingerprint density at radius 1 is 1.22 bits per heavy atom. The van der Waals surface area contributed by atoms with Gasteiger partial charge in [-0.05, 0) is 42.7 Å². The smallest absolute Gasteiger partial charge is 0.271 e. The zero-order valence-electron chi connectivity index (χ0n) is 17.9. The van der Waals surface area contributed by atoms with Gasteiger partial charge in [0, 0.05) is 31.6 Å². The summed E-state index contributed by atoms with van der Waals surface area (Å²) in [6.45, 7) is 3.00. The number of sulfonamides is 1. The topological polar surface area (TPSA) is 128 Å². The van der Waals surface area contributed by atoms with E-state index >= 15 is 0 Å². The third-order valence-electron chi connectivity index (χ3n) is 5.19. The number of aryl methyl sites for hydroxylation is 2. The highest BCUT2D eigenvalue weighted by Gasteiger charge is 2.27. The van der Waals surface area contributed by atoms with Crippen LogP contribution in [0.4, 0.5) is 11.4 Å². The molecule has 0 aliphatic carbocycles. The zero-order chi connectivity index (χ0) is 23.3. The molecule has 0 radical (unpaired) electrons. The molecule has 1 N–H and O–H groups in total. The minimum Gasteiger partial charge on any atom is -0.496 e. The van der Waals surface area contributed by atoms with Crippen molar-refractivity contribution in [1.29, 1.82) is 0 Å². The lowest BCUT2D eigenvalue weighted by atomic mass is 10.1. The second-order valence-electron chi connectivity index (χ2n) is 7.29. The lowest BCUT2D eigenvalue weighted by Gasteiger charge is -2.26. The fraction of sp³-hybridized carbons (Fsp3) is 0.381. The summed E-state index contributed by atoms with van der Waals surface area (Å²) in [5.41, 5.74) is 1.52. The van der Waals surface area contributed by atoms with E-state index in [-0.39, 0.29) is 42.4 Å². The molecule has 1 amide bonds. The number of rotatable bonds is 8. The van der Waals surface area contributed by atoms with Crippen molar-refractivity contribution in [2.24, 2.45) is 0 Å². The van der Waals surface area contributed by atoms with Crippen LogP contribution in [0.5, 0.6) is 5.75 Å². The summed E-state index contributed by atoms with van der Waals surface area (Å²) in [5, 5.41) is 13.7. The molecule has 3 rings (SSSR count). The normalized spacial score (nSPS) is 14.7. The molecule has 1 aliphatic rings. The van der Waals surface area contributed by atoms with Crippen LogP contribution in [0, 0.1) is 17.0 Å². The van der Waals surface area contributed by atoms with Crippen molar-refractivity contribution in [2.75, 3.05) is 38.7 Å². The number of methoxy groups -OCH3 is 1. The van der Waals surface area contributed by atoms with Gasteiger partial charge in [-0.3, -0.25) is 14.9 Å². The molecular formula is C21H25N3O7S. The van der Waals surface area contributed by atoms with Crippen LogP contribution in [0.3, 0.4) is 0 Å². The molecule has 32 heavy (non-hydrogen) atoms. The number of hydrogen-bond acceptors (Lipinski definition) is 7. The van der Waals surface area contributed by atoms with E-state index in [1.54, 1.807) is 19.1 Å². The summed E-state index contributed by atoms with van der Waals surface area (Å²) in [7, 11) is -2.21. The molecule has 0 spiro atoms. The van der Waals surface area contributed by atoms with Crippen LogP contribution >= 0.6 is 0 Å². The maximum absolute atomic E-state index is 12.9. The van der Waals surface area contributed by atoms with Crippen LogP contribution in [0.2, 0.25) is 0 Å². The monoisotopic (exact) mass is 463 g/mol. The molecule has 0 saturated carbocycles. The maximum Gasteiger partial charge on any atom is 0.271 e. The van der Waals surface area contributed by atoms with Crippen LogP contribution in [-0.4, -0.2) is 57.0 Å². The van der Waals surface area contributed by atoms with E-state index < -0.39 is 14.9 Å². The molecule has 1 aliphatic heterocycles. The van der Waals surface area contributed by atoms with E-state index in [1.165, 1.54) is 35.7 Å². The van der Waals surface area contributed by atoms with Gasteiger partial charge in [0.1, 0.15) is 5.75 Å². The molecular weight excluding hydrogens is 438 g/mol. The van der Waals surface area contributed by atoms with E-state index in [0.29, 0.717) is 35.8 Å². The second kappa shape index (κ2) is 10.1. The number of morpholine rings is 1. The Balaban J connectivity index is 1.74. The van der Waals surface area contributed by atoms with Gasteiger partial charge >= 0.3 is 0 Å². The number of nitro groups is 1. The molecule has 2 aromatic carbocycles. The molecule has 0 aromatic heterocycles. The van der Waals surface area contributed by atoms with Gasteiger partial charge in [0.25, 0.3) is 5.69 Å². The van der Waals surface area contributed by atoms with Gasteiger partial charge < -0.3 is 14.8 Å². The number of ether oxygens (including phenoxy) is 2. The van der Waals surface area contributed by atoms with E-state index in [0.717, 1.165) is 0 Å². The lowest BCUT2D eigenvalue weighted by molar-refractivity contribution is -0.384. The quantitative estimate of drug-likeness (QED) is 0.470. The van der Waals surface area contributed by atoms with E-state index in [2.05, 4.69) is 5.32 Å². The molecule has 0 bridgehead atoms. The first-order chi connectivity index (χ1) is 15.2. The van der Waals surface area contributed by atoms with E-state index in [4.69, 9.17) is 9.47 Å². The number of carbonyl (C=O) groups excluding carboxylic acids is 1. The van der Waals surface area contributed by atoms with Gasteiger partial charge in [-0.2, -0.15) is 4.31 Å². The number of benzene rings is 2. The molecule has 1 saturated heterocycles. The van der Waals surface area contributed by atoms with Crippen molar-refractivity contribution in [1.82, 2.24) is 4.31 Å². The minimum absolute atomic E-state index is 0.0412. The molecule has 172 valence electrons. The largest absolute Gasteiger partial charge is 0.496 e. The number of nitrogens with one attached hydrogen (secondary N) is 1. The molecule has 1 heterocycles. The first kappa shape index (κ1) is 23.6. The van der Waals surface area contributed by atoms with Crippen molar-refractivity contribution in [3.05, 3.63) is 57.6 Å². The Morgan fingerprint density at radius 3 is 2.59 bits per heavy atom. The Morgan fingerprint density at radius 2 is 1.94 bits per heavy atom. The van der Waals surface area contributed by atoms with Gasteiger partial charge in [-0.1, -0.05) is 6.07 Å². The molecule has 1 fully saturated rings. The minimum atomic E-state index is -3.68. The first-order valence-electron chi connectivity index (χ1n) is 10.0. The number of nitro benzene ring substituents is 1. The number of carbonyl (C=O) groups is 1. The van der Waals surface area contributed by atoms with Crippen LogP contribution in [0.15, 0.2) is 41.3 Å². The Bertz CT molecular complexity index is 1110. The zero-order valence-corrected chi connectivity index (χ0v) is 18.7. The van der Waals surface area contributed by atoms with Crippen molar-refractivity contribution >= 4 is 27.3 Å². The lowest BCUT2D eigenvalue weighted by Crippen LogP contribution is -2.40. The van der Waals surface area contributed by atoms with Gasteiger partial charge in [-0.15, -0.1) is 0 Å². The number of nitrogens with zero attached hydrogens (tertiary/aromatic N) is 2. The summed E-state index contributed by atoms with van der Waals surface area (Å²) in [6.07, 6.45) is 0.273. The SMILES string of the molecule is COc1ccc(S(=O)(=O)N2CCOCC2)cc1CCC(=O)Nc1cc([N+](=O)[O-])ccc1C. The molecule has 0 atom stereocenters.